The number of carbonyl (C=O) groups excluding carboxylic acids is 2. The Kier molecular flexibility index (Phi) is 4.52. The number of ether oxygens (including phenoxy) is 1. The molecular formula is C19H26N2O3S. The topological polar surface area (TPSA) is 58.6 Å². The number of fused-ring (bicyclic) bond motifs is 1. The molecule has 2 aliphatic heterocycles. The first-order valence-electron chi connectivity index (χ1n) is 8.61. The fourth-order valence-electron chi connectivity index (χ4n) is 3.50. The Labute approximate surface area is 153 Å². The van der Waals surface area contributed by atoms with E-state index in [2.05, 4.69) is 33.0 Å². The Bertz CT molecular complexity index is 713. The van der Waals surface area contributed by atoms with Gasteiger partial charge >= 0.3 is 0 Å². The Hall–Kier alpha value is -1.69. The molecule has 1 aromatic carbocycles. The van der Waals surface area contributed by atoms with Crippen molar-refractivity contribution in [3.8, 4) is 5.75 Å². The van der Waals surface area contributed by atoms with E-state index in [1.807, 2.05) is 18.2 Å². The van der Waals surface area contributed by atoms with Crippen molar-refractivity contribution in [1.29, 1.82) is 0 Å². The number of rotatable bonds is 3. The van der Waals surface area contributed by atoms with Gasteiger partial charge in [0.1, 0.15) is 11.8 Å². The fourth-order valence-corrected chi connectivity index (χ4v) is 4.93. The minimum absolute atomic E-state index is 0.0293. The molecule has 0 aromatic heterocycles. The summed E-state index contributed by atoms with van der Waals surface area (Å²) in [5, 5.41) is 3.00. The van der Waals surface area contributed by atoms with E-state index >= 15 is 0 Å². The summed E-state index contributed by atoms with van der Waals surface area (Å²) in [6.45, 7) is 8.43. The number of benzene rings is 1. The minimum Gasteiger partial charge on any atom is -0.495 e. The molecule has 0 radical (unpaired) electrons. The molecule has 3 rings (SSSR count). The lowest BCUT2D eigenvalue weighted by Crippen LogP contribution is -2.48. The second-order valence-corrected chi connectivity index (χ2v) is 9.42. The summed E-state index contributed by atoms with van der Waals surface area (Å²) in [6.07, 6.45) is 1.33. The maximum Gasteiger partial charge on any atom is 0.248 e. The van der Waals surface area contributed by atoms with Gasteiger partial charge in [-0.2, -0.15) is 0 Å². The van der Waals surface area contributed by atoms with Gasteiger partial charge in [0.05, 0.1) is 17.7 Å². The van der Waals surface area contributed by atoms with Crippen LogP contribution in [-0.2, 0) is 15.0 Å². The summed E-state index contributed by atoms with van der Waals surface area (Å²) >= 11 is 1.70. The maximum absolute atomic E-state index is 12.9. The summed E-state index contributed by atoms with van der Waals surface area (Å²) < 4.78 is 5.40. The van der Waals surface area contributed by atoms with Crippen molar-refractivity contribution < 1.29 is 14.3 Å². The van der Waals surface area contributed by atoms with Gasteiger partial charge in [-0.25, -0.2) is 0 Å². The van der Waals surface area contributed by atoms with Crippen molar-refractivity contribution in [1.82, 2.24) is 4.90 Å². The third kappa shape index (κ3) is 3.24. The Balaban J connectivity index is 1.85. The monoisotopic (exact) mass is 362 g/mol. The molecule has 0 saturated carbocycles. The van der Waals surface area contributed by atoms with Crippen LogP contribution in [0.4, 0.5) is 5.69 Å². The maximum atomic E-state index is 12.9. The third-order valence-electron chi connectivity index (χ3n) is 5.07. The van der Waals surface area contributed by atoms with E-state index in [1.165, 1.54) is 0 Å². The largest absolute Gasteiger partial charge is 0.495 e. The first-order chi connectivity index (χ1) is 11.7. The molecule has 0 aliphatic carbocycles. The van der Waals surface area contributed by atoms with Crippen LogP contribution in [0.1, 0.15) is 46.1 Å². The van der Waals surface area contributed by atoms with E-state index in [9.17, 15) is 9.59 Å². The number of carbonyl (C=O) groups is 2. The standard InChI is InChI=1S/C19H26N2O3S/c1-18(2,3)12-6-7-15(24-5)13(10-12)20-17(23)14-11-25-19(4)9-8-16(22)21(14)19/h6-7,10,14H,8-9,11H2,1-5H3,(H,20,23)/t14-,19+/m1/s1. The number of nitrogens with one attached hydrogen (secondary N) is 1. The summed E-state index contributed by atoms with van der Waals surface area (Å²) in [4.78, 5) is 26.7. The smallest absolute Gasteiger partial charge is 0.248 e. The normalized spacial score (nSPS) is 25.9. The van der Waals surface area contributed by atoms with Crippen molar-refractivity contribution in [2.75, 3.05) is 18.2 Å². The number of anilines is 1. The summed E-state index contributed by atoms with van der Waals surface area (Å²) in [5.41, 5.74) is 1.75. The van der Waals surface area contributed by atoms with Gasteiger partial charge < -0.3 is 15.0 Å². The third-order valence-corrected chi connectivity index (χ3v) is 6.58. The molecule has 1 N–H and O–H groups in total. The molecule has 2 heterocycles. The Morgan fingerprint density at radius 2 is 2.12 bits per heavy atom. The van der Waals surface area contributed by atoms with Crippen LogP contribution < -0.4 is 10.1 Å². The lowest BCUT2D eigenvalue weighted by atomic mass is 9.87. The van der Waals surface area contributed by atoms with Crippen molar-refractivity contribution in [3.63, 3.8) is 0 Å². The van der Waals surface area contributed by atoms with Gasteiger partial charge in [0.25, 0.3) is 0 Å². The molecule has 2 saturated heterocycles. The highest BCUT2D eigenvalue weighted by molar-refractivity contribution is 8.01. The van der Waals surface area contributed by atoms with Gasteiger partial charge in [0, 0.05) is 12.2 Å². The van der Waals surface area contributed by atoms with E-state index in [0.29, 0.717) is 23.6 Å². The zero-order chi connectivity index (χ0) is 18.4. The summed E-state index contributed by atoms with van der Waals surface area (Å²) in [6, 6.07) is 5.43. The molecule has 5 nitrogen and oxygen atoms in total. The van der Waals surface area contributed by atoms with E-state index in [1.54, 1.807) is 23.8 Å². The van der Waals surface area contributed by atoms with E-state index < -0.39 is 6.04 Å². The van der Waals surface area contributed by atoms with Crippen molar-refractivity contribution in [2.45, 2.75) is 56.9 Å². The van der Waals surface area contributed by atoms with Crippen LogP contribution in [0.5, 0.6) is 5.75 Å². The SMILES string of the molecule is COc1ccc(C(C)(C)C)cc1NC(=O)[C@H]1CS[C@@]2(C)CCC(=O)N12. The number of hydrogen-bond acceptors (Lipinski definition) is 4. The number of amides is 2. The van der Waals surface area contributed by atoms with Gasteiger partial charge in [-0.1, -0.05) is 26.8 Å². The molecule has 25 heavy (non-hydrogen) atoms. The molecule has 6 heteroatoms. The highest BCUT2D eigenvalue weighted by Crippen LogP contribution is 2.47. The first kappa shape index (κ1) is 18.1. The van der Waals surface area contributed by atoms with Crippen LogP contribution in [0.2, 0.25) is 0 Å². The molecule has 2 fully saturated rings. The van der Waals surface area contributed by atoms with E-state index in [0.717, 1.165) is 12.0 Å². The van der Waals surface area contributed by atoms with Crippen LogP contribution in [-0.4, -0.2) is 40.5 Å². The molecule has 2 atom stereocenters. The average molecular weight is 362 g/mol. The lowest BCUT2D eigenvalue weighted by molar-refractivity contribution is -0.135. The zero-order valence-electron chi connectivity index (χ0n) is 15.5. The molecule has 2 amide bonds. The number of hydrogen-bond donors (Lipinski definition) is 1. The van der Waals surface area contributed by atoms with Crippen molar-refractivity contribution in [3.05, 3.63) is 23.8 Å². The number of nitrogens with zero attached hydrogens (tertiary/aromatic N) is 1. The van der Waals surface area contributed by atoms with Gasteiger partial charge in [-0.15, -0.1) is 11.8 Å². The molecule has 136 valence electrons. The Morgan fingerprint density at radius 1 is 1.40 bits per heavy atom. The summed E-state index contributed by atoms with van der Waals surface area (Å²) in [7, 11) is 1.59. The highest BCUT2D eigenvalue weighted by Gasteiger charge is 2.52. The second kappa shape index (κ2) is 6.24. The van der Waals surface area contributed by atoms with Crippen LogP contribution in [0, 0.1) is 0 Å². The fraction of sp³-hybridized carbons (Fsp3) is 0.579. The van der Waals surface area contributed by atoms with E-state index in [4.69, 9.17) is 4.74 Å². The van der Waals surface area contributed by atoms with Crippen molar-refractivity contribution >= 4 is 29.3 Å². The van der Waals surface area contributed by atoms with Gasteiger partial charge in [-0.05, 0) is 36.5 Å². The molecule has 0 bridgehead atoms. The lowest BCUT2D eigenvalue weighted by Gasteiger charge is -2.30. The number of thioether (sulfide) groups is 1. The van der Waals surface area contributed by atoms with Gasteiger partial charge in [-0.3, -0.25) is 9.59 Å². The molecule has 0 spiro atoms. The molecular weight excluding hydrogens is 336 g/mol. The van der Waals surface area contributed by atoms with Gasteiger partial charge in [0.2, 0.25) is 11.8 Å². The average Bonchev–Trinajstić information content (AvgIpc) is 3.03. The number of methoxy groups -OCH3 is 1. The molecule has 0 unspecified atom stereocenters. The minimum atomic E-state index is -0.423. The zero-order valence-corrected chi connectivity index (χ0v) is 16.3. The predicted molar refractivity (Wildman–Crippen MR) is 101 cm³/mol. The first-order valence-corrected chi connectivity index (χ1v) is 9.60. The second-order valence-electron chi connectivity index (χ2n) is 7.92. The highest BCUT2D eigenvalue weighted by atomic mass is 32.2. The van der Waals surface area contributed by atoms with Crippen LogP contribution in [0.3, 0.4) is 0 Å². The summed E-state index contributed by atoms with van der Waals surface area (Å²) in [5.74, 6) is 1.19. The molecule has 1 aromatic rings. The molecule has 2 aliphatic rings. The predicted octanol–water partition coefficient (Wildman–Crippen LogP) is 3.39. The Morgan fingerprint density at radius 3 is 2.76 bits per heavy atom. The van der Waals surface area contributed by atoms with Crippen LogP contribution in [0.15, 0.2) is 18.2 Å². The van der Waals surface area contributed by atoms with Crippen LogP contribution in [0.25, 0.3) is 0 Å². The quantitative estimate of drug-likeness (QED) is 0.895. The van der Waals surface area contributed by atoms with E-state index in [-0.39, 0.29) is 22.1 Å². The van der Waals surface area contributed by atoms with Crippen molar-refractivity contribution in [2.24, 2.45) is 0 Å². The van der Waals surface area contributed by atoms with Gasteiger partial charge in [0.15, 0.2) is 0 Å². The van der Waals surface area contributed by atoms with Crippen LogP contribution >= 0.6 is 11.8 Å².